The van der Waals surface area contributed by atoms with Gasteiger partial charge in [0.05, 0.1) is 17.6 Å². The molecule has 3 aromatic carbocycles. The van der Waals surface area contributed by atoms with Crippen LogP contribution in [0.1, 0.15) is 23.6 Å². The number of rotatable bonds is 6. The zero-order valence-electron chi connectivity index (χ0n) is 19.7. The monoisotopic (exact) mass is 472 g/mol. The lowest BCUT2D eigenvalue weighted by molar-refractivity contribution is -0.117. The van der Waals surface area contributed by atoms with Crippen molar-refractivity contribution in [2.75, 3.05) is 10.2 Å². The third-order valence-electron chi connectivity index (χ3n) is 5.83. The molecule has 2 amide bonds. The average molecular weight is 473 g/mol. The van der Waals surface area contributed by atoms with Gasteiger partial charge >= 0.3 is 0 Å². The van der Waals surface area contributed by atoms with Gasteiger partial charge < -0.3 is 5.32 Å². The van der Waals surface area contributed by atoms with Crippen molar-refractivity contribution in [1.29, 1.82) is 0 Å². The minimum atomic E-state index is -0.557. The van der Waals surface area contributed by atoms with E-state index in [0.717, 1.165) is 11.1 Å². The number of carbonyl (C=O) groups is 2. The molecule has 0 aliphatic rings. The SMILES string of the molecule is CC(=O)N(Cc1ccccc1C)c1nc2ccccc2n(CC(=O)Nc2ccc(F)cc2C)c1=O. The van der Waals surface area contributed by atoms with Gasteiger partial charge in [0.15, 0.2) is 0 Å². The van der Waals surface area contributed by atoms with Crippen molar-refractivity contribution in [1.82, 2.24) is 9.55 Å². The van der Waals surface area contributed by atoms with Gasteiger partial charge in [-0.3, -0.25) is 23.9 Å². The molecule has 0 atom stereocenters. The Morgan fingerprint density at radius 1 is 1.00 bits per heavy atom. The topological polar surface area (TPSA) is 84.3 Å². The summed E-state index contributed by atoms with van der Waals surface area (Å²) in [6.07, 6.45) is 0. The number of para-hydroxylation sites is 2. The predicted molar refractivity (Wildman–Crippen MR) is 134 cm³/mol. The molecule has 0 spiro atoms. The summed E-state index contributed by atoms with van der Waals surface area (Å²) in [5.74, 6) is -1.26. The molecular weight excluding hydrogens is 447 g/mol. The first kappa shape index (κ1) is 23.8. The van der Waals surface area contributed by atoms with E-state index in [0.29, 0.717) is 22.3 Å². The third kappa shape index (κ3) is 5.11. The van der Waals surface area contributed by atoms with Crippen LogP contribution in [0.3, 0.4) is 0 Å². The van der Waals surface area contributed by atoms with Crippen LogP contribution < -0.4 is 15.8 Å². The van der Waals surface area contributed by atoms with Crippen LogP contribution in [0.5, 0.6) is 0 Å². The molecule has 0 unspecified atom stereocenters. The first-order valence-electron chi connectivity index (χ1n) is 11.1. The number of nitrogens with one attached hydrogen (secondary N) is 1. The zero-order chi connectivity index (χ0) is 25.1. The molecule has 0 aliphatic heterocycles. The molecule has 0 fully saturated rings. The normalized spacial score (nSPS) is 10.9. The Kier molecular flexibility index (Phi) is 6.73. The molecule has 178 valence electrons. The van der Waals surface area contributed by atoms with Crippen molar-refractivity contribution in [2.45, 2.75) is 33.9 Å². The fraction of sp³-hybridized carbons (Fsp3) is 0.185. The molecule has 4 aromatic rings. The first-order valence-corrected chi connectivity index (χ1v) is 11.1. The number of aromatic nitrogens is 2. The van der Waals surface area contributed by atoms with Gasteiger partial charge in [-0.1, -0.05) is 36.4 Å². The van der Waals surface area contributed by atoms with Crippen LogP contribution in [0.2, 0.25) is 0 Å². The van der Waals surface area contributed by atoms with Crippen molar-refractivity contribution < 1.29 is 14.0 Å². The molecule has 0 saturated heterocycles. The van der Waals surface area contributed by atoms with Crippen LogP contribution in [0, 0.1) is 19.7 Å². The van der Waals surface area contributed by atoms with Crippen LogP contribution in [-0.2, 0) is 22.7 Å². The van der Waals surface area contributed by atoms with Gasteiger partial charge in [0.1, 0.15) is 12.4 Å². The van der Waals surface area contributed by atoms with E-state index in [1.807, 2.05) is 31.2 Å². The van der Waals surface area contributed by atoms with Crippen LogP contribution in [0.15, 0.2) is 71.5 Å². The van der Waals surface area contributed by atoms with Crippen molar-refractivity contribution in [2.24, 2.45) is 0 Å². The van der Waals surface area contributed by atoms with E-state index >= 15 is 0 Å². The molecule has 1 heterocycles. The summed E-state index contributed by atoms with van der Waals surface area (Å²) in [4.78, 5) is 44.9. The highest BCUT2D eigenvalue weighted by atomic mass is 19.1. The van der Waals surface area contributed by atoms with E-state index in [2.05, 4.69) is 10.3 Å². The molecule has 1 aromatic heterocycles. The molecular formula is C27H25FN4O3. The molecule has 7 nitrogen and oxygen atoms in total. The maximum atomic E-state index is 13.6. The Morgan fingerprint density at radius 3 is 2.43 bits per heavy atom. The van der Waals surface area contributed by atoms with E-state index < -0.39 is 17.3 Å². The zero-order valence-corrected chi connectivity index (χ0v) is 19.7. The fourth-order valence-electron chi connectivity index (χ4n) is 3.91. The quantitative estimate of drug-likeness (QED) is 0.452. The van der Waals surface area contributed by atoms with Crippen LogP contribution >= 0.6 is 0 Å². The minimum absolute atomic E-state index is 0.0507. The second-order valence-electron chi connectivity index (χ2n) is 8.35. The fourth-order valence-corrected chi connectivity index (χ4v) is 3.91. The maximum Gasteiger partial charge on any atom is 0.294 e. The molecule has 0 radical (unpaired) electrons. The number of carbonyl (C=O) groups excluding carboxylic acids is 2. The largest absolute Gasteiger partial charge is 0.324 e. The summed E-state index contributed by atoms with van der Waals surface area (Å²) in [5, 5.41) is 2.73. The molecule has 8 heteroatoms. The summed E-state index contributed by atoms with van der Waals surface area (Å²) < 4.78 is 14.7. The van der Waals surface area contributed by atoms with Crippen molar-refractivity contribution in [3.8, 4) is 0 Å². The van der Waals surface area contributed by atoms with Gasteiger partial charge in [0.25, 0.3) is 5.56 Å². The number of hydrogen-bond donors (Lipinski definition) is 1. The Balaban J connectivity index is 1.75. The smallest absolute Gasteiger partial charge is 0.294 e. The van der Waals surface area contributed by atoms with Gasteiger partial charge in [-0.15, -0.1) is 0 Å². The number of fused-ring (bicyclic) bond motifs is 1. The molecule has 4 rings (SSSR count). The highest BCUT2D eigenvalue weighted by Crippen LogP contribution is 2.19. The maximum absolute atomic E-state index is 13.6. The second-order valence-corrected chi connectivity index (χ2v) is 8.35. The Labute approximate surface area is 201 Å². The minimum Gasteiger partial charge on any atom is -0.324 e. The summed E-state index contributed by atoms with van der Waals surface area (Å²) in [6.45, 7) is 4.86. The summed E-state index contributed by atoms with van der Waals surface area (Å²) in [6, 6.07) is 18.6. The third-order valence-corrected chi connectivity index (χ3v) is 5.83. The van der Waals surface area contributed by atoms with Crippen LogP contribution in [-0.4, -0.2) is 21.4 Å². The molecule has 0 saturated carbocycles. The lowest BCUT2D eigenvalue weighted by Crippen LogP contribution is -2.38. The van der Waals surface area contributed by atoms with Gasteiger partial charge in [-0.25, -0.2) is 9.37 Å². The highest BCUT2D eigenvalue weighted by molar-refractivity contribution is 5.93. The number of anilines is 2. The molecule has 0 bridgehead atoms. The second kappa shape index (κ2) is 9.89. The summed E-state index contributed by atoms with van der Waals surface area (Å²) >= 11 is 0. The van der Waals surface area contributed by atoms with E-state index in [9.17, 15) is 18.8 Å². The lowest BCUT2D eigenvalue weighted by atomic mass is 10.1. The van der Waals surface area contributed by atoms with Crippen molar-refractivity contribution in [3.05, 3.63) is 99.6 Å². The Hall–Kier alpha value is -4.33. The van der Waals surface area contributed by atoms with E-state index in [4.69, 9.17) is 0 Å². The van der Waals surface area contributed by atoms with E-state index in [1.54, 1.807) is 31.2 Å². The van der Waals surface area contributed by atoms with Crippen molar-refractivity contribution in [3.63, 3.8) is 0 Å². The number of amides is 2. The molecule has 1 N–H and O–H groups in total. The van der Waals surface area contributed by atoms with E-state index in [1.165, 1.54) is 34.6 Å². The van der Waals surface area contributed by atoms with Crippen LogP contribution in [0.4, 0.5) is 15.9 Å². The highest BCUT2D eigenvalue weighted by Gasteiger charge is 2.22. The Morgan fingerprint density at radius 2 is 1.71 bits per heavy atom. The Bertz CT molecular complexity index is 1500. The number of aryl methyl sites for hydroxylation is 2. The van der Waals surface area contributed by atoms with Gasteiger partial charge in [-0.2, -0.15) is 0 Å². The van der Waals surface area contributed by atoms with Gasteiger partial charge in [-0.05, 0) is 60.9 Å². The van der Waals surface area contributed by atoms with Crippen molar-refractivity contribution >= 4 is 34.4 Å². The number of nitrogens with zero attached hydrogens (tertiary/aromatic N) is 3. The molecule has 35 heavy (non-hydrogen) atoms. The van der Waals surface area contributed by atoms with Crippen LogP contribution in [0.25, 0.3) is 11.0 Å². The number of benzene rings is 3. The number of halogens is 1. The van der Waals surface area contributed by atoms with Gasteiger partial charge in [0, 0.05) is 12.6 Å². The average Bonchev–Trinajstić information content (AvgIpc) is 2.82. The summed E-state index contributed by atoms with van der Waals surface area (Å²) in [5.41, 5.74) is 3.26. The number of hydrogen-bond acceptors (Lipinski definition) is 4. The van der Waals surface area contributed by atoms with Gasteiger partial charge in [0.2, 0.25) is 17.6 Å². The standard InChI is InChI=1S/C27H25FN4O3/c1-17-8-4-5-9-20(17)15-31(19(3)33)26-27(35)32(24-11-7-6-10-23(24)30-26)16-25(34)29-22-13-12-21(28)14-18(22)2/h4-14H,15-16H2,1-3H3,(H,29,34). The van der Waals surface area contributed by atoms with E-state index in [-0.39, 0.29) is 24.8 Å². The first-order chi connectivity index (χ1) is 16.7. The summed E-state index contributed by atoms with van der Waals surface area (Å²) in [7, 11) is 0. The predicted octanol–water partition coefficient (Wildman–Crippen LogP) is 4.34. The molecule has 0 aliphatic carbocycles. The lowest BCUT2D eigenvalue weighted by Gasteiger charge is -2.22.